The Balaban J connectivity index is 1.31. The van der Waals surface area contributed by atoms with E-state index in [1.165, 1.54) is 19.3 Å². The van der Waals surface area contributed by atoms with Crippen LogP contribution in [-0.4, -0.2) is 39.5 Å². The molecule has 0 aliphatic heterocycles. The molecule has 144 valence electrons. The monoisotopic (exact) mass is 361 g/mol. The lowest BCUT2D eigenvalue weighted by atomic mass is 9.48. The Kier molecular flexibility index (Phi) is 4.10. The van der Waals surface area contributed by atoms with Crippen LogP contribution in [0.25, 0.3) is 0 Å². The van der Waals surface area contributed by atoms with Gasteiger partial charge in [-0.3, -0.25) is 9.48 Å². The highest BCUT2D eigenvalue weighted by atomic mass is 16.5. The van der Waals surface area contributed by atoms with Crippen LogP contribution in [0.4, 0.5) is 0 Å². The van der Waals surface area contributed by atoms with Gasteiger partial charge in [-0.25, -0.2) is 0 Å². The van der Waals surface area contributed by atoms with Gasteiger partial charge in [0.1, 0.15) is 0 Å². The number of amides is 1. The summed E-state index contributed by atoms with van der Waals surface area (Å²) in [5, 5.41) is 7.28. The molecule has 1 aromatic heterocycles. The van der Waals surface area contributed by atoms with Crippen LogP contribution in [0.15, 0.2) is 12.4 Å². The number of carbonyl (C=O) groups is 1. The average Bonchev–Trinajstić information content (AvgIpc) is 3.14. The molecule has 0 aromatic carbocycles. The van der Waals surface area contributed by atoms with Gasteiger partial charge in [0.25, 0.3) is 5.91 Å². The summed E-state index contributed by atoms with van der Waals surface area (Å²) in [5.74, 6) is 1.22. The van der Waals surface area contributed by atoms with Crippen LogP contribution in [0.2, 0.25) is 0 Å². The quantitative estimate of drug-likeness (QED) is 0.846. The Morgan fingerprint density at radius 2 is 2.08 bits per heavy atom. The third kappa shape index (κ3) is 3.13. The van der Waals surface area contributed by atoms with E-state index in [-0.39, 0.29) is 11.5 Å². The van der Waals surface area contributed by atoms with Crippen LogP contribution in [0, 0.1) is 11.3 Å². The number of hydrogen-bond donors (Lipinski definition) is 1. The standard InChI is InChI=1S/C20H31N3O3/c1-18(2,3)26-16-10-14(19(16)6-5-7-19)11-21-17(24)20(8-9-20)25-15-12-22-23(4)13-15/h12-14,16H,5-11H2,1-4H3,(H,21,24). The lowest BCUT2D eigenvalue weighted by Crippen LogP contribution is -2.63. The van der Waals surface area contributed by atoms with Crippen molar-refractivity contribution in [2.24, 2.45) is 18.4 Å². The van der Waals surface area contributed by atoms with Crippen molar-refractivity contribution >= 4 is 5.91 Å². The molecule has 26 heavy (non-hydrogen) atoms. The number of rotatable bonds is 6. The minimum absolute atomic E-state index is 0.0241. The summed E-state index contributed by atoms with van der Waals surface area (Å²) in [6, 6.07) is 0. The molecule has 1 heterocycles. The summed E-state index contributed by atoms with van der Waals surface area (Å²) >= 11 is 0. The van der Waals surface area contributed by atoms with Crippen LogP contribution in [0.5, 0.6) is 5.75 Å². The summed E-state index contributed by atoms with van der Waals surface area (Å²) in [5.41, 5.74) is -0.487. The van der Waals surface area contributed by atoms with Gasteiger partial charge in [-0.15, -0.1) is 0 Å². The zero-order chi connectivity index (χ0) is 18.6. The van der Waals surface area contributed by atoms with Crippen molar-refractivity contribution in [1.82, 2.24) is 15.1 Å². The first-order valence-electron chi connectivity index (χ1n) is 9.86. The molecule has 2 atom stereocenters. The molecule has 1 spiro atoms. The molecule has 3 aliphatic rings. The first kappa shape index (κ1) is 17.8. The molecule has 3 aliphatic carbocycles. The summed E-state index contributed by atoms with van der Waals surface area (Å²) < 4.78 is 13.9. The van der Waals surface area contributed by atoms with Gasteiger partial charge in [-0.2, -0.15) is 5.10 Å². The van der Waals surface area contributed by atoms with E-state index in [0.29, 0.717) is 23.2 Å². The van der Waals surface area contributed by atoms with E-state index < -0.39 is 5.60 Å². The van der Waals surface area contributed by atoms with Crippen LogP contribution >= 0.6 is 0 Å². The second kappa shape index (κ2) is 5.98. The Hall–Kier alpha value is -1.56. The molecule has 0 saturated heterocycles. The maximum Gasteiger partial charge on any atom is 0.264 e. The normalized spacial score (nSPS) is 28.2. The number of ether oxygens (including phenoxy) is 2. The second-order valence-corrected chi connectivity index (χ2v) is 9.39. The van der Waals surface area contributed by atoms with Crippen LogP contribution < -0.4 is 10.1 Å². The van der Waals surface area contributed by atoms with E-state index in [1.54, 1.807) is 17.1 Å². The van der Waals surface area contributed by atoms with Gasteiger partial charge in [0, 0.05) is 31.8 Å². The van der Waals surface area contributed by atoms with E-state index in [9.17, 15) is 4.79 Å². The molecule has 3 fully saturated rings. The molecule has 1 amide bonds. The molecule has 0 radical (unpaired) electrons. The Morgan fingerprint density at radius 1 is 1.35 bits per heavy atom. The molecule has 0 bridgehead atoms. The molecular weight excluding hydrogens is 330 g/mol. The lowest BCUT2D eigenvalue weighted by Gasteiger charge is -2.62. The number of nitrogens with zero attached hydrogens (tertiary/aromatic N) is 2. The van der Waals surface area contributed by atoms with Crippen molar-refractivity contribution in [3.63, 3.8) is 0 Å². The Bertz CT molecular complexity index is 683. The fourth-order valence-corrected chi connectivity index (χ4v) is 4.57. The second-order valence-electron chi connectivity index (χ2n) is 9.39. The van der Waals surface area contributed by atoms with Gasteiger partial charge < -0.3 is 14.8 Å². The van der Waals surface area contributed by atoms with E-state index >= 15 is 0 Å². The van der Waals surface area contributed by atoms with Crippen LogP contribution in [0.1, 0.15) is 59.3 Å². The molecule has 3 saturated carbocycles. The summed E-state index contributed by atoms with van der Waals surface area (Å²) in [6.45, 7) is 7.12. The topological polar surface area (TPSA) is 65.4 Å². The number of nitrogens with one attached hydrogen (secondary N) is 1. The van der Waals surface area contributed by atoms with Gasteiger partial charge in [0.2, 0.25) is 0 Å². The van der Waals surface area contributed by atoms with E-state index in [2.05, 4.69) is 31.2 Å². The van der Waals surface area contributed by atoms with Crippen molar-refractivity contribution in [2.45, 2.75) is 76.6 Å². The molecule has 6 heteroatoms. The van der Waals surface area contributed by atoms with Crippen molar-refractivity contribution in [3.8, 4) is 5.75 Å². The van der Waals surface area contributed by atoms with Gasteiger partial charge in [0.05, 0.1) is 24.1 Å². The number of carbonyl (C=O) groups excluding carboxylic acids is 1. The smallest absolute Gasteiger partial charge is 0.264 e. The lowest BCUT2D eigenvalue weighted by molar-refractivity contribution is -0.231. The number of aryl methyl sites for hydroxylation is 1. The molecule has 6 nitrogen and oxygen atoms in total. The molecule has 4 rings (SSSR count). The third-order valence-electron chi connectivity index (χ3n) is 6.35. The average molecular weight is 361 g/mol. The molecule has 1 N–H and O–H groups in total. The minimum atomic E-state index is -0.680. The third-order valence-corrected chi connectivity index (χ3v) is 6.35. The minimum Gasteiger partial charge on any atom is -0.474 e. The maximum absolute atomic E-state index is 12.7. The van der Waals surface area contributed by atoms with Crippen molar-refractivity contribution in [1.29, 1.82) is 0 Å². The maximum atomic E-state index is 12.7. The fraction of sp³-hybridized carbons (Fsp3) is 0.800. The molecule has 2 unspecified atom stereocenters. The fourth-order valence-electron chi connectivity index (χ4n) is 4.57. The summed E-state index contributed by atoms with van der Waals surface area (Å²) in [4.78, 5) is 12.7. The molecular formula is C20H31N3O3. The predicted molar refractivity (Wildman–Crippen MR) is 97.8 cm³/mol. The van der Waals surface area contributed by atoms with Crippen molar-refractivity contribution < 1.29 is 14.3 Å². The van der Waals surface area contributed by atoms with Crippen molar-refractivity contribution in [3.05, 3.63) is 12.4 Å². The zero-order valence-corrected chi connectivity index (χ0v) is 16.4. The number of hydrogen-bond acceptors (Lipinski definition) is 4. The van der Waals surface area contributed by atoms with E-state index in [1.807, 2.05) is 7.05 Å². The highest BCUT2D eigenvalue weighted by molar-refractivity contribution is 5.88. The van der Waals surface area contributed by atoms with E-state index in [0.717, 1.165) is 25.8 Å². The Morgan fingerprint density at radius 3 is 2.58 bits per heavy atom. The van der Waals surface area contributed by atoms with Gasteiger partial charge >= 0.3 is 0 Å². The SMILES string of the molecule is Cn1cc(OC2(C(=O)NCC3CC(OC(C)(C)C)C34CCC4)CC2)cn1. The van der Waals surface area contributed by atoms with Gasteiger partial charge in [0.15, 0.2) is 11.4 Å². The first-order chi connectivity index (χ1) is 12.2. The summed E-state index contributed by atoms with van der Waals surface area (Å²) in [7, 11) is 1.84. The largest absolute Gasteiger partial charge is 0.474 e. The van der Waals surface area contributed by atoms with Crippen molar-refractivity contribution in [2.75, 3.05) is 6.54 Å². The highest BCUT2D eigenvalue weighted by Gasteiger charge is 2.60. The summed E-state index contributed by atoms with van der Waals surface area (Å²) in [6.07, 6.45) is 10.2. The predicted octanol–water partition coefficient (Wildman–Crippen LogP) is 2.82. The van der Waals surface area contributed by atoms with E-state index in [4.69, 9.17) is 9.47 Å². The van der Waals surface area contributed by atoms with Gasteiger partial charge in [-0.1, -0.05) is 6.42 Å². The van der Waals surface area contributed by atoms with Crippen LogP contribution in [-0.2, 0) is 16.6 Å². The Labute approximate surface area is 155 Å². The van der Waals surface area contributed by atoms with Gasteiger partial charge in [-0.05, 0) is 46.0 Å². The van der Waals surface area contributed by atoms with Crippen LogP contribution in [0.3, 0.4) is 0 Å². The highest BCUT2D eigenvalue weighted by Crippen LogP contribution is 2.61. The first-order valence-corrected chi connectivity index (χ1v) is 9.86. The number of aromatic nitrogens is 2. The molecule has 1 aromatic rings. The zero-order valence-electron chi connectivity index (χ0n) is 16.4.